The maximum absolute atomic E-state index is 11.2. The van der Waals surface area contributed by atoms with E-state index in [9.17, 15) is 5.11 Å². The molecule has 0 saturated carbocycles. The molecule has 0 saturated heterocycles. The Balaban J connectivity index is 4.22. The predicted molar refractivity (Wildman–Crippen MR) is 123 cm³/mol. The first-order valence-electron chi connectivity index (χ1n) is 12.6. The quantitative estimate of drug-likeness (QED) is 0.159. The zero-order valence-electron chi connectivity index (χ0n) is 20.6. The third-order valence-corrected chi connectivity index (χ3v) is 5.17. The summed E-state index contributed by atoms with van der Waals surface area (Å²) >= 11 is 0. The Labute approximate surface area is 186 Å². The highest BCUT2D eigenvalue weighted by Gasteiger charge is 2.56. The van der Waals surface area contributed by atoms with Crippen molar-refractivity contribution in [3.8, 4) is 0 Å². The van der Waals surface area contributed by atoms with E-state index in [2.05, 4.69) is 12.2 Å². The highest BCUT2D eigenvalue weighted by molar-refractivity contribution is 4.79. The van der Waals surface area contributed by atoms with E-state index in [0.717, 1.165) is 12.8 Å². The molecule has 0 bridgehead atoms. The smallest absolute Gasteiger partial charge is 0.347 e. The largest absolute Gasteiger partial charge is 0.356 e. The molecule has 0 aromatic heterocycles. The van der Waals surface area contributed by atoms with Crippen molar-refractivity contribution in [1.82, 2.24) is 5.32 Å². The summed E-state index contributed by atoms with van der Waals surface area (Å²) in [5, 5.41) is 14.3. The lowest BCUT2D eigenvalue weighted by atomic mass is 10.1. The molecule has 0 aromatic carbocycles. The van der Waals surface area contributed by atoms with Crippen LogP contribution in [0, 0.1) is 0 Å². The van der Waals surface area contributed by atoms with Gasteiger partial charge in [-0.15, -0.1) is 0 Å². The molecule has 0 aliphatic heterocycles. The molecule has 0 aliphatic carbocycles. The van der Waals surface area contributed by atoms with Crippen molar-refractivity contribution in [1.29, 1.82) is 0 Å². The van der Waals surface area contributed by atoms with Crippen LogP contribution in [-0.4, -0.2) is 50.0 Å². The van der Waals surface area contributed by atoms with E-state index < -0.39 is 11.9 Å². The minimum Gasteiger partial charge on any atom is -0.347 e. The van der Waals surface area contributed by atoms with Gasteiger partial charge in [-0.1, -0.05) is 77.6 Å². The number of nitrogens with one attached hydrogen (secondary N) is 1. The fraction of sp³-hybridized carbons (Fsp3) is 1.00. The highest BCUT2D eigenvalue weighted by atomic mass is 16.9. The van der Waals surface area contributed by atoms with Crippen LogP contribution in [0.4, 0.5) is 0 Å². The second-order valence-corrected chi connectivity index (χ2v) is 7.75. The standard InChI is InChI=1S/C24H51NO5/c1-6-11-12-13-14-15-16-17-18-19-20-21-22-25-23(26,27-7-2)24(28-8-3,29-9-4)30-10-5/h25-26H,6-22H2,1-5H3. The molecule has 0 aliphatic rings. The van der Waals surface area contributed by atoms with Gasteiger partial charge in [0.15, 0.2) is 0 Å². The Morgan fingerprint density at radius 1 is 0.533 bits per heavy atom. The monoisotopic (exact) mass is 433 g/mol. The molecule has 1 unspecified atom stereocenters. The molecule has 0 fully saturated rings. The van der Waals surface area contributed by atoms with Crippen molar-refractivity contribution in [3.63, 3.8) is 0 Å². The summed E-state index contributed by atoms with van der Waals surface area (Å²) in [5.41, 5.74) is 0. The number of unbranched alkanes of at least 4 members (excludes halogenated alkanes) is 11. The zero-order chi connectivity index (χ0) is 22.6. The van der Waals surface area contributed by atoms with Crippen LogP contribution in [-0.2, 0) is 18.9 Å². The summed E-state index contributed by atoms with van der Waals surface area (Å²) in [7, 11) is 0. The summed E-state index contributed by atoms with van der Waals surface area (Å²) in [6, 6.07) is 0. The van der Waals surface area contributed by atoms with Gasteiger partial charge in [0.05, 0.1) is 0 Å². The van der Waals surface area contributed by atoms with E-state index in [1.807, 2.05) is 27.7 Å². The van der Waals surface area contributed by atoms with Crippen LogP contribution in [0.1, 0.15) is 112 Å². The topological polar surface area (TPSA) is 69.2 Å². The van der Waals surface area contributed by atoms with Gasteiger partial charge >= 0.3 is 11.9 Å². The van der Waals surface area contributed by atoms with Crippen LogP contribution < -0.4 is 5.32 Å². The number of hydrogen-bond acceptors (Lipinski definition) is 6. The Kier molecular flexibility index (Phi) is 19.3. The molecule has 0 spiro atoms. The van der Waals surface area contributed by atoms with Crippen LogP contribution in [0.15, 0.2) is 0 Å². The maximum atomic E-state index is 11.2. The van der Waals surface area contributed by atoms with E-state index in [0.29, 0.717) is 33.0 Å². The Hall–Kier alpha value is -0.240. The van der Waals surface area contributed by atoms with Gasteiger partial charge in [0.25, 0.3) is 0 Å². The Bertz CT molecular complexity index is 352. The van der Waals surface area contributed by atoms with Crippen LogP contribution in [0.5, 0.6) is 0 Å². The van der Waals surface area contributed by atoms with E-state index >= 15 is 0 Å². The fourth-order valence-electron chi connectivity index (χ4n) is 3.67. The molecule has 30 heavy (non-hydrogen) atoms. The van der Waals surface area contributed by atoms with Gasteiger partial charge in [-0.25, -0.2) is 0 Å². The molecule has 2 N–H and O–H groups in total. The molecular formula is C24H51NO5. The van der Waals surface area contributed by atoms with Gasteiger partial charge in [-0.3, -0.25) is 5.32 Å². The molecule has 1 atom stereocenters. The molecule has 0 radical (unpaired) electrons. The molecule has 6 nitrogen and oxygen atoms in total. The first-order valence-corrected chi connectivity index (χ1v) is 12.6. The van der Waals surface area contributed by atoms with E-state index in [4.69, 9.17) is 18.9 Å². The van der Waals surface area contributed by atoms with Gasteiger partial charge in [0, 0.05) is 33.0 Å². The highest BCUT2D eigenvalue weighted by Crippen LogP contribution is 2.29. The lowest BCUT2D eigenvalue weighted by Gasteiger charge is -2.44. The average Bonchev–Trinajstić information content (AvgIpc) is 2.72. The van der Waals surface area contributed by atoms with Gasteiger partial charge in [-0.2, -0.15) is 0 Å². The first kappa shape index (κ1) is 29.8. The third kappa shape index (κ3) is 12.0. The molecule has 0 amide bonds. The minimum atomic E-state index is -1.86. The van der Waals surface area contributed by atoms with E-state index in [-0.39, 0.29) is 0 Å². The number of aliphatic hydroxyl groups is 1. The zero-order valence-corrected chi connectivity index (χ0v) is 20.6. The van der Waals surface area contributed by atoms with Crippen LogP contribution >= 0.6 is 0 Å². The van der Waals surface area contributed by atoms with Crippen molar-refractivity contribution < 1.29 is 24.1 Å². The van der Waals surface area contributed by atoms with Gasteiger partial charge in [0.1, 0.15) is 0 Å². The molecule has 6 heteroatoms. The van der Waals surface area contributed by atoms with Crippen molar-refractivity contribution in [3.05, 3.63) is 0 Å². The maximum Gasteiger partial charge on any atom is 0.356 e. The number of hydrogen-bond donors (Lipinski definition) is 2. The van der Waals surface area contributed by atoms with Crippen molar-refractivity contribution in [2.24, 2.45) is 0 Å². The molecule has 0 aromatic rings. The molecular weight excluding hydrogens is 382 g/mol. The normalized spacial score (nSPS) is 14.2. The molecule has 182 valence electrons. The van der Waals surface area contributed by atoms with Crippen LogP contribution in [0.25, 0.3) is 0 Å². The fourth-order valence-corrected chi connectivity index (χ4v) is 3.67. The predicted octanol–water partition coefficient (Wildman–Crippen LogP) is 5.72. The van der Waals surface area contributed by atoms with E-state index in [1.54, 1.807) is 0 Å². The first-order chi connectivity index (χ1) is 14.6. The second kappa shape index (κ2) is 19.4. The molecule has 0 rings (SSSR count). The minimum absolute atomic E-state index is 0.302. The van der Waals surface area contributed by atoms with E-state index in [1.165, 1.54) is 64.2 Å². The average molecular weight is 434 g/mol. The summed E-state index contributed by atoms with van der Waals surface area (Å²) in [6.45, 7) is 11.5. The van der Waals surface area contributed by atoms with Crippen LogP contribution in [0.3, 0.4) is 0 Å². The Morgan fingerprint density at radius 3 is 1.27 bits per heavy atom. The third-order valence-electron chi connectivity index (χ3n) is 5.17. The van der Waals surface area contributed by atoms with Crippen molar-refractivity contribution in [2.75, 3.05) is 33.0 Å². The SMILES string of the molecule is CCCCCCCCCCCCCCNC(O)(OCC)C(OCC)(OCC)OCC. The van der Waals surface area contributed by atoms with Crippen molar-refractivity contribution in [2.45, 2.75) is 124 Å². The van der Waals surface area contributed by atoms with Gasteiger partial charge < -0.3 is 24.1 Å². The summed E-state index contributed by atoms with van der Waals surface area (Å²) in [4.78, 5) is 0. The van der Waals surface area contributed by atoms with Crippen LogP contribution in [0.2, 0.25) is 0 Å². The van der Waals surface area contributed by atoms with Crippen molar-refractivity contribution >= 4 is 0 Å². The molecule has 0 heterocycles. The van der Waals surface area contributed by atoms with Gasteiger partial charge in [-0.05, 0) is 34.1 Å². The summed E-state index contributed by atoms with van der Waals surface area (Å²) in [6.07, 6.45) is 15.5. The van der Waals surface area contributed by atoms with Gasteiger partial charge in [0.2, 0.25) is 0 Å². The number of rotatable bonds is 23. The lowest BCUT2D eigenvalue weighted by Crippen LogP contribution is -2.68. The Morgan fingerprint density at radius 2 is 0.900 bits per heavy atom. The lowest BCUT2D eigenvalue weighted by molar-refractivity contribution is -0.497. The second-order valence-electron chi connectivity index (χ2n) is 7.75. The summed E-state index contributed by atoms with van der Waals surface area (Å²) in [5.74, 6) is -3.54. The summed E-state index contributed by atoms with van der Waals surface area (Å²) < 4.78 is 22.8. The number of ether oxygens (including phenoxy) is 4.